The number of carbonyl (C=O) groups is 3. The first-order chi connectivity index (χ1) is 15.9. The molecule has 1 atom stereocenters. The summed E-state index contributed by atoms with van der Waals surface area (Å²) in [5, 5.41) is 10.4. The van der Waals surface area contributed by atoms with E-state index < -0.39 is 5.54 Å². The molecule has 0 bridgehead atoms. The first-order valence-electron chi connectivity index (χ1n) is 12.0. The Morgan fingerprint density at radius 2 is 1.91 bits per heavy atom. The second kappa shape index (κ2) is 9.77. The SMILES string of the molecule is CCCCN1C(=O)c2cc(C(=O)NCc3ccccc3)nn2CC1(C)C(=O)NC1CCCC1. The molecular weight excluding hydrogens is 418 g/mol. The van der Waals surface area contributed by atoms with Gasteiger partial charge in [0, 0.05) is 25.2 Å². The fourth-order valence-corrected chi connectivity index (χ4v) is 4.70. The monoisotopic (exact) mass is 451 g/mol. The maximum Gasteiger partial charge on any atom is 0.273 e. The van der Waals surface area contributed by atoms with Crippen molar-refractivity contribution in [2.24, 2.45) is 0 Å². The lowest BCUT2D eigenvalue weighted by atomic mass is 9.94. The molecule has 1 aliphatic heterocycles. The van der Waals surface area contributed by atoms with Crippen LogP contribution in [0.4, 0.5) is 0 Å². The molecule has 8 nitrogen and oxygen atoms in total. The number of hydrogen-bond donors (Lipinski definition) is 2. The summed E-state index contributed by atoms with van der Waals surface area (Å²) in [4.78, 5) is 41.2. The van der Waals surface area contributed by atoms with Crippen molar-refractivity contribution in [3.63, 3.8) is 0 Å². The van der Waals surface area contributed by atoms with E-state index in [4.69, 9.17) is 0 Å². The van der Waals surface area contributed by atoms with Gasteiger partial charge in [-0.05, 0) is 31.7 Å². The summed E-state index contributed by atoms with van der Waals surface area (Å²) in [6.45, 7) is 4.96. The molecule has 1 fully saturated rings. The molecule has 0 saturated heterocycles. The van der Waals surface area contributed by atoms with Crippen molar-refractivity contribution in [1.29, 1.82) is 0 Å². The number of fused-ring (bicyclic) bond motifs is 1. The van der Waals surface area contributed by atoms with Crippen LogP contribution in [0.3, 0.4) is 0 Å². The van der Waals surface area contributed by atoms with Gasteiger partial charge in [-0.15, -0.1) is 0 Å². The normalized spacial score (nSPS) is 20.5. The Morgan fingerprint density at radius 1 is 1.18 bits per heavy atom. The van der Waals surface area contributed by atoms with Crippen molar-refractivity contribution < 1.29 is 14.4 Å². The Morgan fingerprint density at radius 3 is 2.61 bits per heavy atom. The third kappa shape index (κ3) is 4.79. The first kappa shape index (κ1) is 23.0. The average molecular weight is 452 g/mol. The number of aromatic nitrogens is 2. The van der Waals surface area contributed by atoms with E-state index in [1.165, 1.54) is 10.7 Å². The van der Waals surface area contributed by atoms with E-state index in [0.717, 1.165) is 44.1 Å². The van der Waals surface area contributed by atoms with Crippen LogP contribution in [0, 0.1) is 0 Å². The largest absolute Gasteiger partial charge is 0.351 e. The molecule has 2 aliphatic rings. The molecule has 3 amide bonds. The van der Waals surface area contributed by atoms with Gasteiger partial charge in [0.2, 0.25) is 5.91 Å². The highest BCUT2D eigenvalue weighted by Gasteiger charge is 2.48. The molecule has 1 aromatic carbocycles. The van der Waals surface area contributed by atoms with Crippen LogP contribution < -0.4 is 10.6 Å². The fourth-order valence-electron chi connectivity index (χ4n) is 4.70. The summed E-state index contributed by atoms with van der Waals surface area (Å²) < 4.78 is 1.52. The maximum atomic E-state index is 13.4. The smallest absolute Gasteiger partial charge is 0.273 e. The molecule has 8 heteroatoms. The van der Waals surface area contributed by atoms with Crippen molar-refractivity contribution in [1.82, 2.24) is 25.3 Å². The zero-order valence-electron chi connectivity index (χ0n) is 19.5. The molecule has 2 heterocycles. The van der Waals surface area contributed by atoms with Crippen molar-refractivity contribution in [2.75, 3.05) is 6.54 Å². The van der Waals surface area contributed by atoms with E-state index in [1.54, 1.807) is 4.90 Å². The van der Waals surface area contributed by atoms with Gasteiger partial charge in [0.05, 0.1) is 6.54 Å². The van der Waals surface area contributed by atoms with Crippen LogP contribution >= 0.6 is 0 Å². The van der Waals surface area contributed by atoms with Gasteiger partial charge in [-0.3, -0.25) is 19.1 Å². The van der Waals surface area contributed by atoms with Crippen LogP contribution in [-0.2, 0) is 17.9 Å². The molecule has 33 heavy (non-hydrogen) atoms. The molecule has 0 radical (unpaired) electrons. The molecule has 1 unspecified atom stereocenters. The van der Waals surface area contributed by atoms with Gasteiger partial charge in [0.25, 0.3) is 11.8 Å². The Kier molecular flexibility index (Phi) is 6.81. The van der Waals surface area contributed by atoms with Gasteiger partial charge in [0.1, 0.15) is 11.2 Å². The number of amides is 3. The Labute approximate surface area is 194 Å². The number of rotatable bonds is 8. The summed E-state index contributed by atoms with van der Waals surface area (Å²) >= 11 is 0. The highest BCUT2D eigenvalue weighted by atomic mass is 16.2. The number of carbonyl (C=O) groups excluding carboxylic acids is 3. The zero-order valence-corrected chi connectivity index (χ0v) is 19.5. The Hall–Kier alpha value is -3.16. The maximum absolute atomic E-state index is 13.4. The molecule has 2 aromatic rings. The van der Waals surface area contributed by atoms with Crippen LogP contribution in [-0.4, -0.2) is 50.5 Å². The number of unbranched alkanes of at least 4 members (excludes halogenated alkanes) is 1. The predicted molar refractivity (Wildman–Crippen MR) is 125 cm³/mol. The lowest BCUT2D eigenvalue weighted by Crippen LogP contribution is -2.65. The number of benzene rings is 1. The van der Waals surface area contributed by atoms with Crippen LogP contribution in [0.15, 0.2) is 36.4 Å². The van der Waals surface area contributed by atoms with E-state index in [1.807, 2.05) is 37.3 Å². The average Bonchev–Trinajstić information content (AvgIpc) is 3.48. The molecule has 1 aliphatic carbocycles. The topological polar surface area (TPSA) is 96.3 Å². The molecule has 0 spiro atoms. The number of hydrogen-bond acceptors (Lipinski definition) is 4. The van der Waals surface area contributed by atoms with Gasteiger partial charge in [-0.25, -0.2) is 0 Å². The summed E-state index contributed by atoms with van der Waals surface area (Å²) in [6, 6.07) is 11.3. The van der Waals surface area contributed by atoms with E-state index in [2.05, 4.69) is 22.7 Å². The standard InChI is InChI=1S/C25H33N5O3/c1-3-4-14-29-23(32)21-15-20(22(31)26-16-18-10-6-5-7-11-18)28-30(21)17-25(29,2)24(33)27-19-12-8-9-13-19/h5-7,10-11,15,19H,3-4,8-9,12-14,16-17H2,1-2H3,(H,26,31)(H,27,33). The van der Waals surface area contributed by atoms with Crippen molar-refractivity contribution in [3.8, 4) is 0 Å². The first-order valence-corrected chi connectivity index (χ1v) is 12.0. The molecule has 176 valence electrons. The van der Waals surface area contributed by atoms with Crippen LogP contribution in [0.5, 0.6) is 0 Å². The van der Waals surface area contributed by atoms with E-state index in [9.17, 15) is 14.4 Å². The highest BCUT2D eigenvalue weighted by molar-refractivity contribution is 6.01. The Bertz CT molecular complexity index is 1010. The van der Waals surface area contributed by atoms with E-state index in [0.29, 0.717) is 18.8 Å². The highest BCUT2D eigenvalue weighted by Crippen LogP contribution is 2.29. The third-order valence-electron chi connectivity index (χ3n) is 6.74. The summed E-state index contributed by atoms with van der Waals surface area (Å²) in [5.74, 6) is -0.741. The van der Waals surface area contributed by atoms with Gasteiger partial charge in [-0.2, -0.15) is 5.10 Å². The lowest BCUT2D eigenvalue weighted by molar-refractivity contribution is -0.133. The summed E-state index contributed by atoms with van der Waals surface area (Å²) in [7, 11) is 0. The van der Waals surface area contributed by atoms with Crippen LogP contribution in [0.25, 0.3) is 0 Å². The quantitative estimate of drug-likeness (QED) is 0.645. The van der Waals surface area contributed by atoms with Crippen molar-refractivity contribution in [3.05, 3.63) is 53.3 Å². The zero-order chi connectivity index (χ0) is 23.4. The molecule has 4 rings (SSSR count). The van der Waals surface area contributed by atoms with E-state index in [-0.39, 0.29) is 36.0 Å². The van der Waals surface area contributed by atoms with E-state index >= 15 is 0 Å². The minimum Gasteiger partial charge on any atom is -0.351 e. The molecule has 2 N–H and O–H groups in total. The Balaban J connectivity index is 1.55. The summed E-state index contributed by atoms with van der Waals surface area (Å²) in [5.41, 5.74) is 0.464. The van der Waals surface area contributed by atoms with Gasteiger partial charge < -0.3 is 15.5 Å². The van der Waals surface area contributed by atoms with Gasteiger partial charge in [0.15, 0.2) is 5.69 Å². The van der Waals surface area contributed by atoms with Gasteiger partial charge >= 0.3 is 0 Å². The minimum absolute atomic E-state index is 0.143. The molecule has 1 aromatic heterocycles. The summed E-state index contributed by atoms with van der Waals surface area (Å²) in [6.07, 6.45) is 5.90. The second-order valence-electron chi connectivity index (χ2n) is 9.28. The lowest BCUT2D eigenvalue weighted by Gasteiger charge is -2.43. The predicted octanol–water partition coefficient (Wildman–Crippen LogP) is 2.89. The van der Waals surface area contributed by atoms with Gasteiger partial charge in [-0.1, -0.05) is 56.5 Å². The number of nitrogens with zero attached hydrogens (tertiary/aromatic N) is 3. The molecular formula is C25H33N5O3. The fraction of sp³-hybridized carbons (Fsp3) is 0.520. The van der Waals surface area contributed by atoms with Crippen LogP contribution in [0.2, 0.25) is 0 Å². The van der Waals surface area contributed by atoms with Crippen LogP contribution in [0.1, 0.15) is 78.9 Å². The van der Waals surface area contributed by atoms with Crippen molar-refractivity contribution >= 4 is 17.7 Å². The third-order valence-corrected chi connectivity index (χ3v) is 6.74. The number of nitrogens with one attached hydrogen (secondary N) is 2. The van der Waals surface area contributed by atoms with Crippen molar-refractivity contribution in [2.45, 2.75) is 77.0 Å². The minimum atomic E-state index is -1.05. The second-order valence-corrected chi connectivity index (χ2v) is 9.28. The molecule has 1 saturated carbocycles.